The summed E-state index contributed by atoms with van der Waals surface area (Å²) in [5.41, 5.74) is 1.97. The lowest BCUT2D eigenvalue weighted by molar-refractivity contribution is -0.139. The fourth-order valence-electron chi connectivity index (χ4n) is 4.11. The maximum Gasteiger partial charge on any atom is 0.264 e. The Kier molecular flexibility index (Phi) is 10.5. The van der Waals surface area contributed by atoms with E-state index in [1.54, 1.807) is 37.3 Å². The van der Waals surface area contributed by atoms with Crippen LogP contribution in [0.2, 0.25) is 0 Å². The zero-order valence-corrected chi connectivity index (χ0v) is 24.5. The van der Waals surface area contributed by atoms with E-state index < -0.39 is 34.3 Å². The van der Waals surface area contributed by atoms with Gasteiger partial charge in [-0.1, -0.05) is 63.2 Å². The molecule has 0 fully saturated rings. The number of amides is 2. The van der Waals surface area contributed by atoms with E-state index in [1.165, 1.54) is 41.3 Å². The molecule has 40 heavy (non-hydrogen) atoms. The van der Waals surface area contributed by atoms with Crippen LogP contribution in [0.3, 0.4) is 0 Å². The first-order valence-corrected chi connectivity index (χ1v) is 14.9. The van der Waals surface area contributed by atoms with Crippen molar-refractivity contribution in [2.75, 3.05) is 10.8 Å². The molecular formula is C31H38FN3O4S. The molecule has 2 atom stereocenters. The van der Waals surface area contributed by atoms with Gasteiger partial charge in [-0.3, -0.25) is 13.9 Å². The minimum atomic E-state index is -4.13. The lowest BCUT2D eigenvalue weighted by Gasteiger charge is -2.32. The fourth-order valence-corrected chi connectivity index (χ4v) is 5.54. The van der Waals surface area contributed by atoms with E-state index in [0.717, 1.165) is 9.87 Å². The molecule has 0 saturated carbocycles. The van der Waals surface area contributed by atoms with Crippen molar-refractivity contribution in [2.24, 2.45) is 0 Å². The summed E-state index contributed by atoms with van der Waals surface area (Å²) in [6.45, 7) is 8.96. The second-order valence-electron chi connectivity index (χ2n) is 10.2. The number of hydrogen-bond acceptors (Lipinski definition) is 4. The van der Waals surface area contributed by atoms with Crippen LogP contribution < -0.4 is 9.62 Å². The van der Waals surface area contributed by atoms with Gasteiger partial charge >= 0.3 is 0 Å². The molecular weight excluding hydrogens is 529 g/mol. The lowest BCUT2D eigenvalue weighted by Crippen LogP contribution is -2.52. The van der Waals surface area contributed by atoms with Crippen molar-refractivity contribution in [2.45, 2.75) is 70.5 Å². The molecule has 2 amide bonds. The molecule has 3 aromatic rings. The van der Waals surface area contributed by atoms with Gasteiger partial charge in [0.15, 0.2) is 0 Å². The maximum atomic E-state index is 13.9. The van der Waals surface area contributed by atoms with Crippen molar-refractivity contribution in [3.8, 4) is 0 Å². The molecule has 7 nitrogen and oxygen atoms in total. The van der Waals surface area contributed by atoms with Crippen LogP contribution >= 0.6 is 0 Å². The van der Waals surface area contributed by atoms with Crippen molar-refractivity contribution >= 4 is 27.5 Å². The van der Waals surface area contributed by atoms with Crippen LogP contribution in [-0.2, 0) is 26.2 Å². The first-order valence-electron chi connectivity index (χ1n) is 13.5. The average Bonchev–Trinajstić information content (AvgIpc) is 2.95. The van der Waals surface area contributed by atoms with Crippen LogP contribution in [0.5, 0.6) is 0 Å². The van der Waals surface area contributed by atoms with Gasteiger partial charge < -0.3 is 10.2 Å². The summed E-state index contributed by atoms with van der Waals surface area (Å²) < 4.78 is 42.3. The highest BCUT2D eigenvalue weighted by molar-refractivity contribution is 7.92. The van der Waals surface area contributed by atoms with Crippen molar-refractivity contribution in [3.05, 3.63) is 95.8 Å². The Morgan fingerprint density at radius 2 is 1.48 bits per heavy atom. The molecule has 0 aliphatic rings. The third kappa shape index (κ3) is 7.69. The Morgan fingerprint density at radius 3 is 2.02 bits per heavy atom. The summed E-state index contributed by atoms with van der Waals surface area (Å²) in [4.78, 5) is 28.4. The normalized spacial score (nSPS) is 13.0. The standard InChI is InChI=1S/C31H38FN3O4S/c1-6-23(4)33-31(37)24(5)34(20-25-12-16-27(32)17-13-25)30(36)21-35(28-18-14-26(15-19-28)22(2)3)40(38,39)29-10-8-7-9-11-29/h7-19,22-24H,6,20-21H2,1-5H3,(H,33,37)/t23-,24+/m1/s1. The van der Waals surface area contributed by atoms with Crippen molar-refractivity contribution in [3.63, 3.8) is 0 Å². The zero-order valence-electron chi connectivity index (χ0n) is 23.7. The van der Waals surface area contributed by atoms with Crippen LogP contribution in [0.25, 0.3) is 0 Å². The number of nitrogens with one attached hydrogen (secondary N) is 1. The van der Waals surface area contributed by atoms with Crippen LogP contribution in [0.4, 0.5) is 10.1 Å². The molecule has 0 spiro atoms. The number of halogens is 1. The maximum absolute atomic E-state index is 13.9. The molecule has 214 valence electrons. The predicted octanol–water partition coefficient (Wildman–Crippen LogP) is 5.48. The molecule has 0 aliphatic carbocycles. The SMILES string of the molecule is CC[C@@H](C)NC(=O)[C@H](C)N(Cc1ccc(F)cc1)C(=O)CN(c1ccc(C(C)C)cc1)S(=O)(=O)c1ccccc1. The minimum Gasteiger partial charge on any atom is -0.352 e. The molecule has 0 aliphatic heterocycles. The first kappa shape index (κ1) is 30.8. The highest BCUT2D eigenvalue weighted by Crippen LogP contribution is 2.26. The Bertz CT molecular complexity index is 1380. The third-order valence-electron chi connectivity index (χ3n) is 6.89. The fraction of sp³-hybridized carbons (Fsp3) is 0.355. The highest BCUT2D eigenvalue weighted by atomic mass is 32.2. The topological polar surface area (TPSA) is 86.8 Å². The number of carbonyl (C=O) groups excluding carboxylic acids is 2. The van der Waals surface area contributed by atoms with Crippen LogP contribution in [0.1, 0.15) is 58.1 Å². The molecule has 3 aromatic carbocycles. The monoisotopic (exact) mass is 567 g/mol. The molecule has 0 bridgehead atoms. The quantitative estimate of drug-likeness (QED) is 0.314. The van der Waals surface area contributed by atoms with Crippen LogP contribution in [0, 0.1) is 5.82 Å². The second kappa shape index (κ2) is 13.6. The van der Waals surface area contributed by atoms with E-state index in [4.69, 9.17) is 0 Å². The molecule has 0 saturated heterocycles. The number of rotatable bonds is 12. The van der Waals surface area contributed by atoms with Gasteiger partial charge in [0, 0.05) is 12.6 Å². The summed E-state index contributed by atoms with van der Waals surface area (Å²) >= 11 is 0. The molecule has 9 heteroatoms. The van der Waals surface area contributed by atoms with Crippen molar-refractivity contribution < 1.29 is 22.4 Å². The van der Waals surface area contributed by atoms with Gasteiger partial charge in [-0.25, -0.2) is 12.8 Å². The average molecular weight is 568 g/mol. The van der Waals surface area contributed by atoms with Crippen LogP contribution in [-0.4, -0.2) is 43.8 Å². The van der Waals surface area contributed by atoms with Gasteiger partial charge in [0.05, 0.1) is 10.6 Å². The number of hydrogen-bond donors (Lipinski definition) is 1. The molecule has 0 aromatic heterocycles. The highest BCUT2D eigenvalue weighted by Gasteiger charge is 2.32. The van der Waals surface area contributed by atoms with E-state index in [0.29, 0.717) is 17.7 Å². The van der Waals surface area contributed by atoms with E-state index in [9.17, 15) is 22.4 Å². The number of nitrogens with zero attached hydrogens (tertiary/aromatic N) is 2. The van der Waals surface area contributed by atoms with Crippen LogP contribution in [0.15, 0.2) is 83.8 Å². The second-order valence-corrected chi connectivity index (χ2v) is 12.1. The Morgan fingerprint density at radius 1 is 0.875 bits per heavy atom. The largest absolute Gasteiger partial charge is 0.352 e. The van der Waals surface area contributed by atoms with Crippen molar-refractivity contribution in [1.29, 1.82) is 0 Å². The van der Waals surface area contributed by atoms with Gasteiger partial charge in [-0.05, 0) is 73.7 Å². The summed E-state index contributed by atoms with van der Waals surface area (Å²) in [5.74, 6) is -1.10. The first-order chi connectivity index (χ1) is 18.9. The lowest BCUT2D eigenvalue weighted by atomic mass is 10.0. The molecule has 0 heterocycles. The molecule has 0 unspecified atom stereocenters. The number of sulfonamides is 1. The van der Waals surface area contributed by atoms with Crippen molar-refractivity contribution in [1.82, 2.24) is 10.2 Å². The Balaban J connectivity index is 2.02. The van der Waals surface area contributed by atoms with E-state index in [2.05, 4.69) is 5.32 Å². The smallest absolute Gasteiger partial charge is 0.264 e. The predicted molar refractivity (Wildman–Crippen MR) is 156 cm³/mol. The summed E-state index contributed by atoms with van der Waals surface area (Å²) in [6.07, 6.45) is 0.708. The Labute approximate surface area is 237 Å². The van der Waals surface area contributed by atoms with E-state index in [1.807, 2.05) is 39.8 Å². The van der Waals surface area contributed by atoms with Gasteiger partial charge in [0.1, 0.15) is 18.4 Å². The zero-order chi connectivity index (χ0) is 29.4. The minimum absolute atomic E-state index is 0.000280. The van der Waals surface area contributed by atoms with Gasteiger partial charge in [0.2, 0.25) is 11.8 Å². The summed E-state index contributed by atoms with van der Waals surface area (Å²) in [5, 5.41) is 2.89. The molecule has 0 radical (unpaired) electrons. The Hall–Kier alpha value is -3.72. The molecule has 1 N–H and O–H groups in total. The van der Waals surface area contributed by atoms with Gasteiger partial charge in [-0.2, -0.15) is 0 Å². The summed E-state index contributed by atoms with van der Waals surface area (Å²) in [7, 11) is -4.13. The van der Waals surface area contributed by atoms with Gasteiger partial charge in [-0.15, -0.1) is 0 Å². The third-order valence-corrected chi connectivity index (χ3v) is 8.68. The van der Waals surface area contributed by atoms with E-state index >= 15 is 0 Å². The number of anilines is 1. The van der Waals surface area contributed by atoms with Gasteiger partial charge in [0.25, 0.3) is 10.0 Å². The van der Waals surface area contributed by atoms with E-state index in [-0.39, 0.29) is 29.3 Å². The molecule has 3 rings (SSSR count). The number of carbonyl (C=O) groups is 2. The summed E-state index contributed by atoms with van der Waals surface area (Å²) in [6, 6.07) is 19.6. The number of benzene rings is 3.